The monoisotopic (exact) mass is 268 g/mol. The summed E-state index contributed by atoms with van der Waals surface area (Å²) in [4.78, 5) is 23.9. The van der Waals surface area contributed by atoms with E-state index in [9.17, 15) is 9.59 Å². The Balaban J connectivity index is 1.81. The molecule has 1 aromatic heterocycles. The normalized spacial score (nSPS) is 18.1. The van der Waals surface area contributed by atoms with Crippen LogP contribution >= 0.6 is 0 Å². The Bertz CT molecular complexity index is 454. The fourth-order valence-corrected chi connectivity index (χ4v) is 1.77. The molecule has 1 fully saturated rings. The lowest BCUT2D eigenvalue weighted by Crippen LogP contribution is -2.38. The summed E-state index contributed by atoms with van der Waals surface area (Å²) < 4.78 is 4.42. The Labute approximate surface area is 109 Å². The van der Waals surface area contributed by atoms with Crippen molar-refractivity contribution in [3.8, 4) is 0 Å². The van der Waals surface area contributed by atoms with E-state index in [0.717, 1.165) is 19.5 Å². The van der Waals surface area contributed by atoms with Gasteiger partial charge in [0.05, 0.1) is 13.3 Å². The summed E-state index contributed by atoms with van der Waals surface area (Å²) >= 11 is 0. The van der Waals surface area contributed by atoms with Crippen molar-refractivity contribution in [1.29, 1.82) is 0 Å². The highest BCUT2D eigenvalue weighted by Crippen LogP contribution is 2.00. The van der Waals surface area contributed by atoms with E-state index in [2.05, 4.69) is 30.9 Å². The number of carbonyl (C=O) groups is 2. The Morgan fingerprint density at radius 2 is 2.47 bits per heavy atom. The summed E-state index contributed by atoms with van der Waals surface area (Å²) in [5.41, 5.74) is 0. The van der Waals surface area contributed by atoms with Crippen LogP contribution in [-0.4, -0.2) is 53.2 Å². The minimum atomic E-state index is -0.631. The number of nitrogens with one attached hydrogen (secondary N) is 3. The van der Waals surface area contributed by atoms with E-state index in [1.807, 2.05) is 0 Å². The van der Waals surface area contributed by atoms with Crippen LogP contribution in [0, 0.1) is 0 Å². The van der Waals surface area contributed by atoms with Gasteiger partial charge in [0.25, 0.3) is 0 Å². The summed E-state index contributed by atoms with van der Waals surface area (Å²) in [5, 5.41) is 16.2. The summed E-state index contributed by atoms with van der Waals surface area (Å²) in [5.74, 6) is 0.0797. The zero-order valence-corrected chi connectivity index (χ0v) is 10.5. The predicted octanol–water partition coefficient (Wildman–Crippen LogP) is -1.07. The van der Waals surface area contributed by atoms with Gasteiger partial charge in [-0.3, -0.25) is 10.1 Å². The molecule has 0 saturated carbocycles. The number of carbonyl (C=O) groups excluding carboxylic acids is 2. The highest BCUT2D eigenvalue weighted by atomic mass is 16.5. The molecule has 1 aliphatic rings. The van der Waals surface area contributed by atoms with Crippen molar-refractivity contribution in [3.05, 3.63) is 6.20 Å². The van der Waals surface area contributed by atoms with Gasteiger partial charge >= 0.3 is 6.09 Å². The largest absolute Gasteiger partial charge is 0.453 e. The van der Waals surface area contributed by atoms with Crippen molar-refractivity contribution in [1.82, 2.24) is 25.6 Å². The molecule has 0 aromatic carbocycles. The van der Waals surface area contributed by atoms with Gasteiger partial charge in [-0.05, 0) is 13.0 Å². The molecule has 0 spiro atoms. The first-order chi connectivity index (χ1) is 9.17. The molecule has 9 heteroatoms. The Kier molecular flexibility index (Phi) is 4.29. The molecule has 1 atom stereocenters. The molecule has 19 heavy (non-hydrogen) atoms. The second kappa shape index (κ2) is 6.14. The van der Waals surface area contributed by atoms with E-state index < -0.39 is 6.09 Å². The molecule has 0 bridgehead atoms. The number of hydrogen-bond donors (Lipinski definition) is 3. The predicted molar refractivity (Wildman–Crippen MR) is 65.5 cm³/mol. The molecule has 2 rings (SSSR count). The van der Waals surface area contributed by atoms with Gasteiger partial charge in [-0.1, -0.05) is 0 Å². The number of rotatable bonds is 4. The van der Waals surface area contributed by atoms with Gasteiger partial charge in [-0.2, -0.15) is 9.90 Å². The molecule has 1 saturated heterocycles. The van der Waals surface area contributed by atoms with Crippen LogP contribution in [0.25, 0.3) is 0 Å². The van der Waals surface area contributed by atoms with Crippen LogP contribution in [0.1, 0.15) is 6.42 Å². The van der Waals surface area contributed by atoms with Crippen LogP contribution in [0.3, 0.4) is 0 Å². The SMILES string of the molecule is COC(=O)Nc1cnn(CC(=O)NC2CCNC2)n1. The van der Waals surface area contributed by atoms with Gasteiger partial charge in [0.1, 0.15) is 6.54 Å². The Morgan fingerprint density at radius 1 is 1.63 bits per heavy atom. The third-order valence-corrected chi connectivity index (χ3v) is 2.66. The van der Waals surface area contributed by atoms with Gasteiger partial charge in [-0.15, -0.1) is 5.10 Å². The molecule has 0 radical (unpaired) electrons. The quantitative estimate of drug-likeness (QED) is 0.641. The first kappa shape index (κ1) is 13.3. The lowest BCUT2D eigenvalue weighted by molar-refractivity contribution is -0.122. The molecule has 1 aromatic rings. The maximum Gasteiger partial charge on any atom is 0.412 e. The zero-order chi connectivity index (χ0) is 13.7. The van der Waals surface area contributed by atoms with E-state index in [0.29, 0.717) is 0 Å². The lowest BCUT2D eigenvalue weighted by Gasteiger charge is -2.10. The fourth-order valence-electron chi connectivity index (χ4n) is 1.77. The van der Waals surface area contributed by atoms with Crippen molar-refractivity contribution in [2.75, 3.05) is 25.5 Å². The first-order valence-corrected chi connectivity index (χ1v) is 5.92. The molecule has 3 N–H and O–H groups in total. The summed E-state index contributed by atoms with van der Waals surface area (Å²) in [6.07, 6.45) is 1.64. The standard InChI is InChI=1S/C10H16N6O3/c1-19-10(18)14-8-5-12-16(15-8)6-9(17)13-7-2-3-11-4-7/h5,7,11H,2-4,6H2,1H3,(H,13,17)(H,14,15,18). The van der Waals surface area contributed by atoms with Crippen LogP contribution in [-0.2, 0) is 16.1 Å². The Morgan fingerprint density at radius 3 is 3.16 bits per heavy atom. The zero-order valence-electron chi connectivity index (χ0n) is 10.5. The van der Waals surface area contributed by atoms with E-state index in [1.54, 1.807) is 0 Å². The molecule has 0 aliphatic carbocycles. The first-order valence-electron chi connectivity index (χ1n) is 5.92. The minimum Gasteiger partial charge on any atom is -0.453 e. The summed E-state index contributed by atoms with van der Waals surface area (Å²) in [6, 6.07) is 0.163. The second-order valence-electron chi connectivity index (χ2n) is 4.13. The molecule has 9 nitrogen and oxygen atoms in total. The van der Waals surface area contributed by atoms with Crippen molar-refractivity contribution in [3.63, 3.8) is 0 Å². The average Bonchev–Trinajstić information content (AvgIpc) is 3.01. The number of methoxy groups -OCH3 is 1. The van der Waals surface area contributed by atoms with Gasteiger partial charge in [-0.25, -0.2) is 4.79 Å². The number of ether oxygens (including phenoxy) is 1. The molecule has 2 heterocycles. The molecular weight excluding hydrogens is 252 g/mol. The van der Waals surface area contributed by atoms with Crippen LogP contribution < -0.4 is 16.0 Å². The summed E-state index contributed by atoms with van der Waals surface area (Å²) in [6.45, 7) is 1.71. The number of amides is 2. The van der Waals surface area contributed by atoms with Gasteiger partial charge in [0, 0.05) is 12.6 Å². The molecular formula is C10H16N6O3. The van der Waals surface area contributed by atoms with Crippen molar-refractivity contribution >= 4 is 17.8 Å². The van der Waals surface area contributed by atoms with Crippen LogP contribution in [0.4, 0.5) is 10.6 Å². The maximum atomic E-state index is 11.7. The van der Waals surface area contributed by atoms with Crippen molar-refractivity contribution in [2.45, 2.75) is 19.0 Å². The van der Waals surface area contributed by atoms with Gasteiger partial charge < -0.3 is 15.4 Å². The van der Waals surface area contributed by atoms with E-state index in [1.165, 1.54) is 18.1 Å². The van der Waals surface area contributed by atoms with Crippen LogP contribution in [0.2, 0.25) is 0 Å². The summed E-state index contributed by atoms with van der Waals surface area (Å²) in [7, 11) is 1.25. The van der Waals surface area contributed by atoms with E-state index in [-0.39, 0.29) is 24.3 Å². The highest BCUT2D eigenvalue weighted by Gasteiger charge is 2.17. The lowest BCUT2D eigenvalue weighted by atomic mass is 10.2. The topological polar surface area (TPSA) is 110 Å². The average molecular weight is 268 g/mol. The second-order valence-corrected chi connectivity index (χ2v) is 4.13. The fraction of sp³-hybridized carbons (Fsp3) is 0.600. The third kappa shape index (κ3) is 3.91. The molecule has 2 amide bonds. The Hall–Kier alpha value is -2.16. The smallest absolute Gasteiger partial charge is 0.412 e. The molecule has 1 aliphatic heterocycles. The van der Waals surface area contributed by atoms with E-state index >= 15 is 0 Å². The number of nitrogens with zero attached hydrogens (tertiary/aromatic N) is 3. The number of hydrogen-bond acceptors (Lipinski definition) is 6. The van der Waals surface area contributed by atoms with E-state index in [4.69, 9.17) is 0 Å². The van der Waals surface area contributed by atoms with Gasteiger partial charge in [0.2, 0.25) is 5.91 Å². The highest BCUT2D eigenvalue weighted by molar-refractivity contribution is 5.82. The molecule has 1 unspecified atom stereocenters. The van der Waals surface area contributed by atoms with Crippen LogP contribution in [0.15, 0.2) is 6.20 Å². The van der Waals surface area contributed by atoms with Crippen LogP contribution in [0.5, 0.6) is 0 Å². The maximum absolute atomic E-state index is 11.7. The third-order valence-electron chi connectivity index (χ3n) is 2.66. The van der Waals surface area contributed by atoms with Gasteiger partial charge in [0.15, 0.2) is 5.82 Å². The molecule has 104 valence electrons. The minimum absolute atomic E-state index is 0.0132. The number of anilines is 1. The number of aromatic nitrogens is 3. The van der Waals surface area contributed by atoms with Crippen molar-refractivity contribution < 1.29 is 14.3 Å². The van der Waals surface area contributed by atoms with Crippen molar-refractivity contribution in [2.24, 2.45) is 0 Å².